The Morgan fingerprint density at radius 2 is 2.17 bits per heavy atom. The summed E-state index contributed by atoms with van der Waals surface area (Å²) in [5, 5.41) is 2.89. The first-order chi connectivity index (χ1) is 5.69. The number of carbonyl (C=O) groups excluding carboxylic acids is 1. The van der Waals surface area contributed by atoms with Crippen LogP contribution >= 0.6 is 0 Å². The summed E-state index contributed by atoms with van der Waals surface area (Å²) in [6, 6.07) is 1.89. The Labute approximate surface area is 71.8 Å². The minimum Gasteiger partial charge on any atom is -0.373 e. The van der Waals surface area contributed by atoms with Crippen LogP contribution in [0.1, 0.15) is 21.6 Å². The van der Waals surface area contributed by atoms with Gasteiger partial charge in [-0.1, -0.05) is 0 Å². The van der Waals surface area contributed by atoms with Crippen molar-refractivity contribution in [2.45, 2.75) is 13.8 Å². The molecule has 12 heavy (non-hydrogen) atoms. The zero-order valence-corrected chi connectivity index (χ0v) is 7.51. The number of aldehydes is 1. The molecule has 0 amide bonds. The Morgan fingerprint density at radius 1 is 1.50 bits per heavy atom. The molecule has 3 nitrogen and oxygen atoms in total. The van der Waals surface area contributed by atoms with Crippen molar-refractivity contribution in [3.63, 3.8) is 0 Å². The Hall–Kier alpha value is -1.38. The first-order valence-electron chi connectivity index (χ1n) is 3.80. The summed E-state index contributed by atoms with van der Waals surface area (Å²) in [4.78, 5) is 14.8. The van der Waals surface area contributed by atoms with Gasteiger partial charge in [-0.25, -0.2) is 4.98 Å². The van der Waals surface area contributed by atoms with Gasteiger partial charge in [0.05, 0.1) is 5.56 Å². The number of nitrogens with one attached hydrogen (secondary N) is 1. The van der Waals surface area contributed by atoms with Crippen LogP contribution in [0.5, 0.6) is 0 Å². The van der Waals surface area contributed by atoms with Crippen molar-refractivity contribution in [3.8, 4) is 0 Å². The molecule has 0 saturated carbocycles. The van der Waals surface area contributed by atoms with Gasteiger partial charge in [0.25, 0.3) is 0 Å². The third-order valence-corrected chi connectivity index (χ3v) is 1.75. The summed E-state index contributed by atoms with van der Waals surface area (Å²) < 4.78 is 0. The molecule has 0 aromatic carbocycles. The van der Waals surface area contributed by atoms with E-state index in [2.05, 4.69) is 10.3 Å². The number of aryl methyl sites for hydroxylation is 2. The highest BCUT2D eigenvalue weighted by Crippen LogP contribution is 2.15. The third-order valence-electron chi connectivity index (χ3n) is 1.75. The van der Waals surface area contributed by atoms with Gasteiger partial charge >= 0.3 is 0 Å². The van der Waals surface area contributed by atoms with Crippen molar-refractivity contribution in [2.24, 2.45) is 0 Å². The number of pyridine rings is 1. The second-order valence-electron chi connectivity index (χ2n) is 2.71. The summed E-state index contributed by atoms with van der Waals surface area (Å²) in [7, 11) is 1.76. The normalized spacial score (nSPS) is 9.58. The molecule has 3 heteroatoms. The van der Waals surface area contributed by atoms with Crippen LogP contribution in [-0.2, 0) is 0 Å². The molecule has 0 radical (unpaired) electrons. The van der Waals surface area contributed by atoms with E-state index in [9.17, 15) is 4.79 Å². The molecule has 0 aliphatic heterocycles. The molecule has 64 valence electrons. The first-order valence-corrected chi connectivity index (χ1v) is 3.80. The fourth-order valence-electron chi connectivity index (χ4n) is 1.19. The number of nitrogens with zero attached hydrogens (tertiary/aromatic N) is 1. The Balaban J connectivity index is 3.33. The minimum absolute atomic E-state index is 0.642. The van der Waals surface area contributed by atoms with E-state index >= 15 is 0 Å². The standard InChI is InChI=1S/C9H12N2O/c1-6-4-7(2)11-9(10-3)8(6)5-12/h4-5H,1-3H3,(H,10,11). The average molecular weight is 164 g/mol. The van der Waals surface area contributed by atoms with E-state index in [-0.39, 0.29) is 0 Å². The number of aromatic nitrogens is 1. The molecular formula is C9H12N2O. The molecule has 0 bridgehead atoms. The van der Waals surface area contributed by atoms with Gasteiger partial charge in [-0.15, -0.1) is 0 Å². The molecule has 0 aliphatic carbocycles. The monoisotopic (exact) mass is 164 g/mol. The topological polar surface area (TPSA) is 42.0 Å². The maximum absolute atomic E-state index is 10.6. The van der Waals surface area contributed by atoms with E-state index in [4.69, 9.17) is 0 Å². The fraction of sp³-hybridized carbons (Fsp3) is 0.333. The number of hydrogen-bond acceptors (Lipinski definition) is 3. The van der Waals surface area contributed by atoms with Gasteiger partial charge in [0.1, 0.15) is 5.82 Å². The predicted octanol–water partition coefficient (Wildman–Crippen LogP) is 1.55. The summed E-state index contributed by atoms with van der Waals surface area (Å²) in [6.45, 7) is 3.81. The highest BCUT2D eigenvalue weighted by atomic mass is 16.1. The van der Waals surface area contributed by atoms with Crippen LogP contribution in [0.3, 0.4) is 0 Å². The van der Waals surface area contributed by atoms with Crippen molar-refractivity contribution < 1.29 is 4.79 Å². The fourth-order valence-corrected chi connectivity index (χ4v) is 1.19. The molecule has 0 spiro atoms. The van der Waals surface area contributed by atoms with Crippen molar-refractivity contribution in [1.82, 2.24) is 4.98 Å². The van der Waals surface area contributed by atoms with E-state index < -0.39 is 0 Å². The van der Waals surface area contributed by atoms with Crippen molar-refractivity contribution in [2.75, 3.05) is 12.4 Å². The third kappa shape index (κ3) is 1.44. The zero-order chi connectivity index (χ0) is 9.14. The van der Waals surface area contributed by atoms with E-state index in [1.54, 1.807) is 7.05 Å². The Bertz CT molecular complexity index is 308. The van der Waals surface area contributed by atoms with Crippen LogP contribution in [0.2, 0.25) is 0 Å². The molecule has 0 aliphatic rings. The number of hydrogen-bond donors (Lipinski definition) is 1. The quantitative estimate of drug-likeness (QED) is 0.674. The van der Waals surface area contributed by atoms with Crippen molar-refractivity contribution in [3.05, 3.63) is 22.9 Å². The molecule has 1 rings (SSSR count). The SMILES string of the molecule is CNc1nc(C)cc(C)c1C=O. The molecule has 0 unspecified atom stereocenters. The first kappa shape index (κ1) is 8.71. The Morgan fingerprint density at radius 3 is 2.67 bits per heavy atom. The number of rotatable bonds is 2. The van der Waals surface area contributed by atoms with Gasteiger partial charge < -0.3 is 5.32 Å². The van der Waals surface area contributed by atoms with Gasteiger partial charge in [0, 0.05) is 12.7 Å². The van der Waals surface area contributed by atoms with Gasteiger partial charge in [-0.05, 0) is 25.5 Å². The van der Waals surface area contributed by atoms with Crippen molar-refractivity contribution >= 4 is 12.1 Å². The van der Waals surface area contributed by atoms with E-state index in [1.165, 1.54) is 0 Å². The zero-order valence-electron chi connectivity index (χ0n) is 7.51. The van der Waals surface area contributed by atoms with Crippen LogP contribution in [0.15, 0.2) is 6.07 Å². The minimum atomic E-state index is 0.642. The van der Waals surface area contributed by atoms with Crippen LogP contribution in [-0.4, -0.2) is 18.3 Å². The van der Waals surface area contributed by atoms with E-state index in [0.717, 1.165) is 17.5 Å². The molecule has 0 atom stereocenters. The summed E-state index contributed by atoms with van der Waals surface area (Å²) in [6.07, 6.45) is 0.827. The molecular weight excluding hydrogens is 152 g/mol. The highest BCUT2D eigenvalue weighted by molar-refractivity contribution is 5.84. The van der Waals surface area contributed by atoms with Gasteiger partial charge in [-0.3, -0.25) is 4.79 Å². The average Bonchev–Trinajstić information content (AvgIpc) is 2.03. The molecule has 0 saturated heterocycles. The lowest BCUT2D eigenvalue weighted by Crippen LogP contribution is -2.01. The summed E-state index contributed by atoms with van der Waals surface area (Å²) >= 11 is 0. The maximum atomic E-state index is 10.6. The summed E-state index contributed by atoms with van der Waals surface area (Å²) in [5.74, 6) is 0.655. The van der Waals surface area contributed by atoms with Crippen LogP contribution in [0.25, 0.3) is 0 Å². The van der Waals surface area contributed by atoms with Crippen LogP contribution in [0.4, 0.5) is 5.82 Å². The van der Waals surface area contributed by atoms with Gasteiger partial charge in [0.15, 0.2) is 6.29 Å². The predicted molar refractivity (Wildman–Crippen MR) is 48.6 cm³/mol. The lowest BCUT2D eigenvalue weighted by Gasteiger charge is -2.06. The molecule has 1 N–H and O–H groups in total. The molecule has 1 aromatic rings. The smallest absolute Gasteiger partial charge is 0.154 e. The Kier molecular flexibility index (Phi) is 2.43. The molecule has 1 heterocycles. The second kappa shape index (κ2) is 3.34. The van der Waals surface area contributed by atoms with E-state index in [0.29, 0.717) is 11.4 Å². The second-order valence-corrected chi connectivity index (χ2v) is 2.71. The maximum Gasteiger partial charge on any atom is 0.154 e. The highest BCUT2D eigenvalue weighted by Gasteiger charge is 2.05. The van der Waals surface area contributed by atoms with Crippen molar-refractivity contribution in [1.29, 1.82) is 0 Å². The largest absolute Gasteiger partial charge is 0.373 e. The van der Waals surface area contributed by atoms with Crippen LogP contribution < -0.4 is 5.32 Å². The van der Waals surface area contributed by atoms with Gasteiger partial charge in [0.2, 0.25) is 0 Å². The lowest BCUT2D eigenvalue weighted by molar-refractivity contribution is 0.112. The van der Waals surface area contributed by atoms with Gasteiger partial charge in [-0.2, -0.15) is 0 Å². The lowest BCUT2D eigenvalue weighted by atomic mass is 10.1. The van der Waals surface area contributed by atoms with E-state index in [1.807, 2.05) is 19.9 Å². The number of anilines is 1. The van der Waals surface area contributed by atoms with Crippen LogP contribution in [0, 0.1) is 13.8 Å². The molecule has 1 aromatic heterocycles. The number of carbonyl (C=O) groups is 1. The molecule has 0 fully saturated rings. The summed E-state index contributed by atoms with van der Waals surface area (Å²) in [5.41, 5.74) is 2.52.